The first kappa shape index (κ1) is 16.0. The van der Waals surface area contributed by atoms with Crippen LogP contribution in [0.5, 0.6) is 0 Å². The van der Waals surface area contributed by atoms with E-state index in [4.69, 9.17) is 5.73 Å². The van der Waals surface area contributed by atoms with Crippen molar-refractivity contribution in [1.29, 1.82) is 0 Å². The van der Waals surface area contributed by atoms with E-state index in [-0.39, 0.29) is 24.0 Å². The second kappa shape index (κ2) is 8.16. The summed E-state index contributed by atoms with van der Waals surface area (Å²) in [6, 6.07) is 0.602. The highest BCUT2D eigenvalue weighted by Crippen LogP contribution is 2.17. The van der Waals surface area contributed by atoms with Gasteiger partial charge in [-0.05, 0) is 39.4 Å². The van der Waals surface area contributed by atoms with Gasteiger partial charge in [0.2, 0.25) is 0 Å². The van der Waals surface area contributed by atoms with E-state index in [0.29, 0.717) is 12.0 Å². The van der Waals surface area contributed by atoms with Crippen molar-refractivity contribution in [3.8, 4) is 0 Å². The summed E-state index contributed by atoms with van der Waals surface area (Å²) in [5.74, 6) is 0.624. The number of nitrogens with two attached hydrogens (primary N) is 1. The fourth-order valence-corrected chi connectivity index (χ4v) is 2.12. The molecular weight excluding hydrogens is 341 g/mol. The van der Waals surface area contributed by atoms with Crippen molar-refractivity contribution in [2.24, 2.45) is 10.7 Å². The Morgan fingerprint density at radius 1 is 1.28 bits per heavy atom. The highest BCUT2D eigenvalue weighted by atomic mass is 127. The number of nitrogens with one attached hydrogen (secondary N) is 1. The lowest BCUT2D eigenvalue weighted by atomic mass is 10.4. The van der Waals surface area contributed by atoms with Crippen molar-refractivity contribution in [3.05, 3.63) is 0 Å². The molecule has 2 aliphatic rings. The zero-order chi connectivity index (χ0) is 12.1. The summed E-state index contributed by atoms with van der Waals surface area (Å²) in [6.45, 7) is 6.57. The minimum Gasteiger partial charge on any atom is -0.370 e. The zero-order valence-electron chi connectivity index (χ0n) is 11.3. The van der Waals surface area contributed by atoms with E-state index in [2.05, 4.69) is 27.2 Å². The van der Waals surface area contributed by atoms with E-state index in [1.807, 2.05) is 0 Å². The maximum absolute atomic E-state index is 5.80. The van der Waals surface area contributed by atoms with Gasteiger partial charge >= 0.3 is 0 Å². The Bertz CT molecular complexity index is 267. The summed E-state index contributed by atoms with van der Waals surface area (Å²) < 4.78 is 0. The number of rotatable bonds is 4. The van der Waals surface area contributed by atoms with Crippen LogP contribution in [0.4, 0.5) is 0 Å². The van der Waals surface area contributed by atoms with Gasteiger partial charge in [0.15, 0.2) is 5.96 Å². The number of guanidine groups is 1. The highest BCUT2D eigenvalue weighted by Gasteiger charge is 2.21. The minimum absolute atomic E-state index is 0. The van der Waals surface area contributed by atoms with E-state index < -0.39 is 0 Å². The normalized spacial score (nSPS) is 23.3. The molecule has 0 bridgehead atoms. The molecule has 1 aliphatic heterocycles. The SMILES string of the molecule is CN1CCCN(CCN=C(N)NC2CC2)CC1.I. The molecule has 6 heteroatoms. The molecule has 0 aromatic heterocycles. The quantitative estimate of drug-likeness (QED) is 0.427. The number of likely N-dealkylation sites (N-methyl/N-ethyl adjacent to an activating group) is 1. The molecule has 0 aromatic carbocycles. The van der Waals surface area contributed by atoms with Crippen LogP contribution >= 0.6 is 24.0 Å². The molecule has 5 nitrogen and oxygen atoms in total. The Morgan fingerprint density at radius 2 is 2.06 bits per heavy atom. The maximum atomic E-state index is 5.80. The molecule has 0 spiro atoms. The van der Waals surface area contributed by atoms with Crippen LogP contribution in [0.3, 0.4) is 0 Å². The van der Waals surface area contributed by atoms with E-state index >= 15 is 0 Å². The lowest BCUT2D eigenvalue weighted by molar-refractivity contribution is 0.283. The van der Waals surface area contributed by atoms with Gasteiger partial charge in [-0.1, -0.05) is 0 Å². The standard InChI is InChI=1S/C12H25N5.HI/c1-16-6-2-7-17(10-9-16)8-5-14-12(13)15-11-3-4-11;/h11H,2-10H2,1H3,(H3,13,14,15);1H. The number of hydrogen-bond donors (Lipinski definition) is 2. The zero-order valence-corrected chi connectivity index (χ0v) is 13.6. The molecular formula is C12H26IN5. The third-order valence-electron chi connectivity index (χ3n) is 3.44. The summed E-state index contributed by atoms with van der Waals surface area (Å²) >= 11 is 0. The topological polar surface area (TPSA) is 56.9 Å². The molecule has 3 N–H and O–H groups in total. The lowest BCUT2D eigenvalue weighted by Crippen LogP contribution is -2.35. The van der Waals surface area contributed by atoms with Crippen LogP contribution in [0, 0.1) is 0 Å². The molecule has 1 saturated heterocycles. The van der Waals surface area contributed by atoms with Gasteiger partial charge in [0.05, 0.1) is 6.54 Å². The average Bonchev–Trinajstić information content (AvgIpc) is 3.09. The number of nitrogens with zero attached hydrogens (tertiary/aromatic N) is 3. The summed E-state index contributed by atoms with van der Waals surface area (Å²) in [5, 5.41) is 3.21. The van der Waals surface area contributed by atoms with Crippen molar-refractivity contribution in [2.75, 3.05) is 46.3 Å². The molecule has 0 amide bonds. The molecule has 2 fully saturated rings. The first-order chi connectivity index (χ1) is 8.24. The van der Waals surface area contributed by atoms with Crippen LogP contribution in [-0.2, 0) is 0 Å². The molecule has 1 saturated carbocycles. The van der Waals surface area contributed by atoms with Gasteiger partial charge in [0, 0.05) is 25.7 Å². The fourth-order valence-electron chi connectivity index (χ4n) is 2.12. The van der Waals surface area contributed by atoms with E-state index in [1.165, 1.54) is 38.9 Å². The van der Waals surface area contributed by atoms with Crippen molar-refractivity contribution in [1.82, 2.24) is 15.1 Å². The minimum atomic E-state index is 0. The third-order valence-corrected chi connectivity index (χ3v) is 3.44. The first-order valence-electron chi connectivity index (χ1n) is 6.71. The van der Waals surface area contributed by atoms with Gasteiger partial charge in [-0.3, -0.25) is 4.99 Å². The van der Waals surface area contributed by atoms with Crippen molar-refractivity contribution in [3.63, 3.8) is 0 Å². The predicted molar refractivity (Wildman–Crippen MR) is 86.6 cm³/mol. The first-order valence-corrected chi connectivity index (χ1v) is 6.71. The second-order valence-corrected chi connectivity index (χ2v) is 5.18. The molecule has 18 heavy (non-hydrogen) atoms. The predicted octanol–water partition coefficient (Wildman–Crippen LogP) is 0.309. The van der Waals surface area contributed by atoms with Crippen molar-refractivity contribution >= 4 is 29.9 Å². The Labute approximate surface area is 127 Å². The molecule has 2 rings (SSSR count). The monoisotopic (exact) mass is 367 g/mol. The lowest BCUT2D eigenvalue weighted by Gasteiger charge is -2.18. The molecule has 0 atom stereocenters. The van der Waals surface area contributed by atoms with Crippen LogP contribution in [0.2, 0.25) is 0 Å². The van der Waals surface area contributed by atoms with Crippen LogP contribution < -0.4 is 11.1 Å². The molecule has 1 heterocycles. The van der Waals surface area contributed by atoms with Crippen LogP contribution in [0.25, 0.3) is 0 Å². The molecule has 106 valence electrons. The summed E-state index contributed by atoms with van der Waals surface area (Å²) in [4.78, 5) is 9.25. The largest absolute Gasteiger partial charge is 0.370 e. The molecule has 1 aliphatic carbocycles. The Kier molecular flexibility index (Phi) is 7.25. The highest BCUT2D eigenvalue weighted by molar-refractivity contribution is 14.0. The van der Waals surface area contributed by atoms with Crippen molar-refractivity contribution in [2.45, 2.75) is 25.3 Å². The van der Waals surface area contributed by atoms with Gasteiger partial charge in [0.1, 0.15) is 0 Å². The number of hydrogen-bond acceptors (Lipinski definition) is 3. The van der Waals surface area contributed by atoms with Gasteiger partial charge < -0.3 is 20.9 Å². The van der Waals surface area contributed by atoms with E-state index in [1.54, 1.807) is 0 Å². The van der Waals surface area contributed by atoms with Gasteiger partial charge in [-0.2, -0.15) is 0 Å². The second-order valence-electron chi connectivity index (χ2n) is 5.18. The van der Waals surface area contributed by atoms with Crippen molar-refractivity contribution < 1.29 is 0 Å². The smallest absolute Gasteiger partial charge is 0.188 e. The third kappa shape index (κ3) is 6.19. The van der Waals surface area contributed by atoms with Gasteiger partial charge in [0.25, 0.3) is 0 Å². The van der Waals surface area contributed by atoms with E-state index in [9.17, 15) is 0 Å². The Balaban J connectivity index is 0.00000162. The van der Waals surface area contributed by atoms with Crippen LogP contribution in [-0.4, -0.2) is 68.1 Å². The number of halogens is 1. The summed E-state index contributed by atoms with van der Waals surface area (Å²) in [7, 11) is 2.19. The molecule has 0 radical (unpaired) electrons. The van der Waals surface area contributed by atoms with E-state index in [0.717, 1.165) is 19.6 Å². The van der Waals surface area contributed by atoms with Crippen LogP contribution in [0.15, 0.2) is 4.99 Å². The molecule has 0 unspecified atom stereocenters. The summed E-state index contributed by atoms with van der Waals surface area (Å²) in [5.41, 5.74) is 5.80. The van der Waals surface area contributed by atoms with Crippen LogP contribution in [0.1, 0.15) is 19.3 Å². The number of aliphatic imine (C=N–C) groups is 1. The van der Waals surface area contributed by atoms with Gasteiger partial charge in [-0.15, -0.1) is 24.0 Å². The summed E-state index contributed by atoms with van der Waals surface area (Å²) in [6.07, 6.45) is 3.75. The van der Waals surface area contributed by atoms with Gasteiger partial charge in [-0.25, -0.2) is 0 Å². The fraction of sp³-hybridized carbons (Fsp3) is 0.917. The molecule has 0 aromatic rings. The maximum Gasteiger partial charge on any atom is 0.188 e. The average molecular weight is 367 g/mol. The Hall–Kier alpha value is -0.0800. The Morgan fingerprint density at radius 3 is 2.78 bits per heavy atom.